The molecule has 0 bridgehead atoms. The van der Waals surface area contributed by atoms with Crippen molar-refractivity contribution >= 4 is 21.0 Å². The molecular weight excluding hydrogens is 573 g/mol. The van der Waals surface area contributed by atoms with Crippen molar-refractivity contribution in [3.8, 4) is 5.75 Å². The van der Waals surface area contributed by atoms with E-state index in [-0.39, 0.29) is 11.5 Å². The van der Waals surface area contributed by atoms with Crippen LogP contribution in [-0.2, 0) is 16.3 Å². The third-order valence-corrected chi connectivity index (χ3v) is 9.55. The van der Waals surface area contributed by atoms with Crippen molar-refractivity contribution in [2.24, 2.45) is 0 Å². The maximum Gasteiger partial charge on any atom is 0.390 e. The van der Waals surface area contributed by atoms with Gasteiger partial charge in [-0.3, -0.25) is 0 Å². The van der Waals surface area contributed by atoms with Crippen LogP contribution in [0.15, 0.2) is 36.4 Å². The molecule has 234 valence electrons. The molecule has 0 fully saturated rings. The molecule has 2 aromatic rings. The molecule has 2 aromatic carbocycles. The van der Waals surface area contributed by atoms with Gasteiger partial charge in [0.1, 0.15) is 17.4 Å². The van der Waals surface area contributed by atoms with Crippen LogP contribution in [-0.4, -0.2) is 56.2 Å². The molecule has 1 aliphatic rings. The topological polar surface area (TPSA) is 57.6 Å². The molecule has 1 N–H and O–H groups in total. The Morgan fingerprint density at radius 2 is 1.50 bits per heavy atom. The third-order valence-electron chi connectivity index (χ3n) is 7.82. The highest BCUT2D eigenvalue weighted by molar-refractivity contribution is 7.91. The van der Waals surface area contributed by atoms with E-state index in [9.17, 15) is 35.5 Å². The Morgan fingerprint density at radius 1 is 0.833 bits per heavy atom. The van der Waals surface area contributed by atoms with E-state index in [1.807, 2.05) is 13.1 Å². The SMILES string of the molecule is CN(CCCCCCC1=C(c2ccc(F)cc2F)CCCc2cc(O)ccc21)CCCCCS(=O)(=O)CCC(F)(F)F. The summed E-state index contributed by atoms with van der Waals surface area (Å²) in [5.74, 6) is -2.00. The smallest absolute Gasteiger partial charge is 0.390 e. The Bertz CT molecular complexity index is 1310. The van der Waals surface area contributed by atoms with Crippen LogP contribution >= 0.6 is 0 Å². The molecule has 10 heteroatoms. The van der Waals surface area contributed by atoms with E-state index in [4.69, 9.17) is 0 Å². The number of unbranched alkanes of at least 4 members (excludes halogenated alkanes) is 5. The van der Waals surface area contributed by atoms with Gasteiger partial charge in [0.2, 0.25) is 0 Å². The Balaban J connectivity index is 1.44. The summed E-state index contributed by atoms with van der Waals surface area (Å²) in [6.07, 6.45) is 2.99. The number of aryl methyl sites for hydroxylation is 1. The largest absolute Gasteiger partial charge is 0.508 e. The van der Waals surface area contributed by atoms with E-state index < -0.39 is 39.8 Å². The number of nitrogens with zero attached hydrogens (tertiary/aromatic N) is 1. The van der Waals surface area contributed by atoms with Crippen molar-refractivity contribution in [3.63, 3.8) is 0 Å². The lowest BCUT2D eigenvalue weighted by Gasteiger charge is -2.18. The lowest BCUT2D eigenvalue weighted by Crippen LogP contribution is -2.21. The van der Waals surface area contributed by atoms with Gasteiger partial charge in [0.05, 0.1) is 17.9 Å². The Hall–Kier alpha value is -2.46. The van der Waals surface area contributed by atoms with Gasteiger partial charge in [-0.05, 0) is 118 Å². The highest BCUT2D eigenvalue weighted by Crippen LogP contribution is 2.40. The molecule has 0 amide bonds. The lowest BCUT2D eigenvalue weighted by molar-refractivity contribution is -0.129. The molecule has 0 aromatic heterocycles. The summed E-state index contributed by atoms with van der Waals surface area (Å²) in [7, 11) is -1.67. The summed E-state index contributed by atoms with van der Waals surface area (Å²) in [4.78, 5) is 2.18. The summed E-state index contributed by atoms with van der Waals surface area (Å²) < 4.78 is 88.7. The van der Waals surface area contributed by atoms with Crippen LogP contribution in [0.5, 0.6) is 5.75 Å². The maximum atomic E-state index is 14.8. The van der Waals surface area contributed by atoms with Crippen LogP contribution in [0.2, 0.25) is 0 Å². The summed E-state index contributed by atoms with van der Waals surface area (Å²) in [5.41, 5.74) is 4.48. The second-order valence-corrected chi connectivity index (χ2v) is 13.6. The van der Waals surface area contributed by atoms with E-state index in [0.717, 1.165) is 92.8 Å². The van der Waals surface area contributed by atoms with Gasteiger partial charge in [0.25, 0.3) is 0 Å². The Morgan fingerprint density at radius 3 is 2.19 bits per heavy atom. The standard InChI is InChI=1S/C32H42F5NO3S/c1-38(19-7-4-8-20-42(40,41)21-17-32(35,36)37)18-6-3-2-5-11-28-27-16-14-26(39)22-24(27)10-9-12-29(28)30-15-13-25(33)23-31(30)34/h13-16,22-23,39H,2-12,17-21H2,1H3. The molecule has 42 heavy (non-hydrogen) atoms. The quantitative estimate of drug-likeness (QED) is 0.152. The second kappa shape index (κ2) is 15.8. The van der Waals surface area contributed by atoms with E-state index in [0.29, 0.717) is 24.8 Å². The van der Waals surface area contributed by atoms with Crippen molar-refractivity contribution < 1.29 is 35.5 Å². The van der Waals surface area contributed by atoms with Crippen molar-refractivity contribution in [3.05, 3.63) is 64.7 Å². The van der Waals surface area contributed by atoms with Gasteiger partial charge in [-0.25, -0.2) is 17.2 Å². The normalized spacial score (nSPS) is 14.4. The van der Waals surface area contributed by atoms with Crippen molar-refractivity contribution in [2.45, 2.75) is 83.2 Å². The second-order valence-electron chi connectivity index (χ2n) is 11.3. The first-order chi connectivity index (χ1) is 19.8. The third kappa shape index (κ3) is 11.3. The molecule has 0 saturated carbocycles. The van der Waals surface area contributed by atoms with Crippen LogP contribution in [0.1, 0.15) is 87.3 Å². The minimum Gasteiger partial charge on any atom is -0.508 e. The molecule has 1 aliphatic carbocycles. The number of hydrogen-bond donors (Lipinski definition) is 1. The molecule has 0 atom stereocenters. The Kier molecular flexibility index (Phi) is 12.8. The number of sulfone groups is 1. The molecule has 0 aliphatic heterocycles. The lowest BCUT2D eigenvalue weighted by atomic mass is 9.88. The zero-order valence-electron chi connectivity index (χ0n) is 24.3. The number of halogens is 5. The first-order valence-corrected chi connectivity index (χ1v) is 16.6. The van der Waals surface area contributed by atoms with Gasteiger partial charge in [-0.1, -0.05) is 25.3 Å². The highest BCUT2D eigenvalue weighted by Gasteiger charge is 2.29. The molecule has 0 spiro atoms. The number of aromatic hydroxyl groups is 1. The number of phenols is 1. The fourth-order valence-electron chi connectivity index (χ4n) is 5.57. The van der Waals surface area contributed by atoms with Crippen LogP contribution in [0.25, 0.3) is 11.1 Å². The minimum absolute atomic E-state index is 0.204. The fraction of sp³-hybridized carbons (Fsp3) is 0.562. The van der Waals surface area contributed by atoms with E-state index in [1.54, 1.807) is 12.1 Å². The maximum absolute atomic E-state index is 14.8. The number of allylic oxidation sites excluding steroid dienone is 2. The van der Waals surface area contributed by atoms with Crippen LogP contribution in [0.4, 0.5) is 22.0 Å². The van der Waals surface area contributed by atoms with Gasteiger partial charge < -0.3 is 10.0 Å². The summed E-state index contributed by atoms with van der Waals surface area (Å²) >= 11 is 0. The van der Waals surface area contributed by atoms with Crippen molar-refractivity contribution in [1.82, 2.24) is 4.90 Å². The number of alkyl halides is 3. The number of phenolic OH excluding ortho intramolecular Hbond substituents is 1. The molecule has 4 nitrogen and oxygen atoms in total. The average molecular weight is 616 g/mol. The van der Waals surface area contributed by atoms with Crippen molar-refractivity contribution in [1.29, 1.82) is 0 Å². The molecule has 0 heterocycles. The fourth-order valence-corrected chi connectivity index (χ4v) is 6.96. The van der Waals surface area contributed by atoms with E-state index in [1.165, 1.54) is 12.1 Å². The van der Waals surface area contributed by atoms with Gasteiger partial charge in [-0.2, -0.15) is 13.2 Å². The zero-order chi connectivity index (χ0) is 30.8. The monoisotopic (exact) mass is 615 g/mol. The number of benzene rings is 2. The number of rotatable bonds is 16. The summed E-state index contributed by atoms with van der Waals surface area (Å²) in [6.45, 7) is 1.69. The predicted octanol–water partition coefficient (Wildman–Crippen LogP) is 8.34. The van der Waals surface area contributed by atoms with Gasteiger partial charge in [0, 0.05) is 11.6 Å². The van der Waals surface area contributed by atoms with Gasteiger partial charge >= 0.3 is 6.18 Å². The van der Waals surface area contributed by atoms with Gasteiger partial charge in [0.15, 0.2) is 9.84 Å². The first kappa shape index (κ1) is 34.0. The summed E-state index contributed by atoms with van der Waals surface area (Å²) in [6, 6.07) is 9.09. The molecule has 0 unspecified atom stereocenters. The molecule has 0 radical (unpaired) electrons. The zero-order valence-corrected chi connectivity index (χ0v) is 25.1. The van der Waals surface area contributed by atoms with E-state index in [2.05, 4.69) is 4.90 Å². The number of fused-ring (bicyclic) bond motifs is 1. The minimum atomic E-state index is -4.45. The summed E-state index contributed by atoms with van der Waals surface area (Å²) in [5, 5.41) is 10.0. The predicted molar refractivity (Wildman–Crippen MR) is 158 cm³/mol. The Labute approximate surface area is 246 Å². The van der Waals surface area contributed by atoms with Crippen LogP contribution in [0.3, 0.4) is 0 Å². The van der Waals surface area contributed by atoms with Crippen molar-refractivity contribution in [2.75, 3.05) is 31.6 Å². The van der Waals surface area contributed by atoms with Crippen LogP contribution in [0, 0.1) is 11.6 Å². The molecule has 3 rings (SSSR count). The molecule has 0 saturated heterocycles. The van der Waals surface area contributed by atoms with Crippen LogP contribution < -0.4 is 0 Å². The average Bonchev–Trinajstić information content (AvgIpc) is 3.08. The highest BCUT2D eigenvalue weighted by atomic mass is 32.2. The first-order valence-electron chi connectivity index (χ1n) is 14.8. The van der Waals surface area contributed by atoms with E-state index >= 15 is 0 Å². The number of hydrogen-bond acceptors (Lipinski definition) is 4. The van der Waals surface area contributed by atoms with Gasteiger partial charge in [-0.15, -0.1) is 0 Å². The molecular formula is C32H42F5NO3S.